The predicted octanol–water partition coefficient (Wildman–Crippen LogP) is 2.45. The number of piperidine rings is 1. The lowest BCUT2D eigenvalue weighted by molar-refractivity contribution is -0.384. The first-order valence-electron chi connectivity index (χ1n) is 7.01. The lowest BCUT2D eigenvalue weighted by atomic mass is 9.94. The van der Waals surface area contributed by atoms with Gasteiger partial charge in [0.15, 0.2) is 0 Å². The molecule has 1 aromatic rings. The van der Waals surface area contributed by atoms with Gasteiger partial charge in [-0.05, 0) is 44.3 Å². The zero-order valence-electron chi connectivity index (χ0n) is 11.6. The number of nitrogens with one attached hydrogen (secondary N) is 2. The Hall–Kier alpha value is -2.02. The molecule has 1 unspecified atom stereocenters. The van der Waals surface area contributed by atoms with Crippen LogP contribution in [0.25, 0.3) is 0 Å². The Bertz CT molecular complexity index is 530. The Morgan fingerprint density at radius 3 is 3.00 bits per heavy atom. The molecule has 114 valence electrons. The second kappa shape index (κ2) is 7.12. The van der Waals surface area contributed by atoms with Crippen LogP contribution >= 0.6 is 0 Å². The molecule has 1 amide bonds. The summed E-state index contributed by atoms with van der Waals surface area (Å²) in [5.74, 6) is -0.492. The molecule has 1 atom stereocenters. The standard InChI is InChI=1S/C14H18FN3O3/c15-11-4-5-13(18(20)21)12(8-11)17-14(19)6-3-10-2-1-7-16-9-10/h4-5,8,10,16H,1-3,6-7,9H2,(H,17,19). The van der Waals surface area contributed by atoms with Gasteiger partial charge in [0.05, 0.1) is 4.92 Å². The molecule has 0 aromatic heterocycles. The van der Waals surface area contributed by atoms with Crippen molar-refractivity contribution in [1.82, 2.24) is 5.32 Å². The average Bonchev–Trinajstić information content (AvgIpc) is 2.46. The smallest absolute Gasteiger partial charge is 0.292 e. The molecule has 1 heterocycles. The predicted molar refractivity (Wildman–Crippen MR) is 76.5 cm³/mol. The lowest BCUT2D eigenvalue weighted by Gasteiger charge is -2.22. The van der Waals surface area contributed by atoms with Crippen molar-refractivity contribution in [2.75, 3.05) is 18.4 Å². The van der Waals surface area contributed by atoms with Crippen LogP contribution in [0, 0.1) is 21.8 Å². The molecular formula is C14H18FN3O3. The lowest BCUT2D eigenvalue weighted by Crippen LogP contribution is -2.30. The van der Waals surface area contributed by atoms with Crippen molar-refractivity contribution in [3.8, 4) is 0 Å². The molecular weight excluding hydrogens is 277 g/mol. The van der Waals surface area contributed by atoms with Gasteiger partial charge in [-0.1, -0.05) is 0 Å². The minimum Gasteiger partial charge on any atom is -0.320 e. The number of nitro benzene ring substituents is 1. The quantitative estimate of drug-likeness (QED) is 0.645. The number of hydrogen-bond acceptors (Lipinski definition) is 4. The van der Waals surface area contributed by atoms with Crippen LogP contribution in [0.15, 0.2) is 18.2 Å². The van der Waals surface area contributed by atoms with Gasteiger partial charge in [-0.3, -0.25) is 14.9 Å². The Morgan fingerprint density at radius 2 is 2.33 bits per heavy atom. The van der Waals surface area contributed by atoms with Crippen LogP contribution in [0.4, 0.5) is 15.8 Å². The number of hydrogen-bond donors (Lipinski definition) is 2. The number of carbonyl (C=O) groups is 1. The van der Waals surface area contributed by atoms with Crippen molar-refractivity contribution in [2.45, 2.75) is 25.7 Å². The van der Waals surface area contributed by atoms with E-state index < -0.39 is 10.7 Å². The Balaban J connectivity index is 1.92. The van der Waals surface area contributed by atoms with Crippen LogP contribution in [-0.2, 0) is 4.79 Å². The van der Waals surface area contributed by atoms with E-state index in [0.29, 0.717) is 5.92 Å². The average molecular weight is 295 g/mol. The van der Waals surface area contributed by atoms with E-state index >= 15 is 0 Å². The molecule has 0 saturated carbocycles. The van der Waals surface area contributed by atoms with Gasteiger partial charge in [0.25, 0.3) is 5.69 Å². The van der Waals surface area contributed by atoms with Crippen LogP contribution in [0.2, 0.25) is 0 Å². The van der Waals surface area contributed by atoms with Crippen LogP contribution < -0.4 is 10.6 Å². The summed E-state index contributed by atoms with van der Waals surface area (Å²) < 4.78 is 13.2. The van der Waals surface area contributed by atoms with Gasteiger partial charge < -0.3 is 10.6 Å². The molecule has 1 fully saturated rings. The van der Waals surface area contributed by atoms with E-state index in [2.05, 4.69) is 10.6 Å². The summed E-state index contributed by atoms with van der Waals surface area (Å²) in [4.78, 5) is 22.1. The fourth-order valence-corrected chi connectivity index (χ4v) is 2.49. The molecule has 0 radical (unpaired) electrons. The monoisotopic (exact) mass is 295 g/mol. The summed E-state index contributed by atoms with van der Waals surface area (Å²) in [6.45, 7) is 1.91. The van der Waals surface area contributed by atoms with E-state index in [1.54, 1.807) is 0 Å². The molecule has 2 rings (SSSR count). The van der Waals surface area contributed by atoms with Gasteiger partial charge in [-0.25, -0.2) is 4.39 Å². The van der Waals surface area contributed by atoms with E-state index in [1.807, 2.05) is 0 Å². The fraction of sp³-hybridized carbons (Fsp3) is 0.500. The van der Waals surface area contributed by atoms with Crippen LogP contribution in [-0.4, -0.2) is 23.9 Å². The largest absolute Gasteiger partial charge is 0.320 e. The molecule has 1 saturated heterocycles. The number of nitro groups is 1. The highest BCUT2D eigenvalue weighted by Gasteiger charge is 2.18. The maximum absolute atomic E-state index is 13.2. The van der Waals surface area contributed by atoms with E-state index in [-0.39, 0.29) is 23.7 Å². The number of nitrogens with zero attached hydrogens (tertiary/aromatic N) is 1. The van der Waals surface area contributed by atoms with Gasteiger partial charge >= 0.3 is 0 Å². The number of amides is 1. The third kappa shape index (κ3) is 4.49. The Labute approximate surface area is 121 Å². The molecule has 2 N–H and O–H groups in total. The zero-order chi connectivity index (χ0) is 15.2. The Morgan fingerprint density at radius 1 is 1.52 bits per heavy atom. The number of rotatable bonds is 5. The second-order valence-corrected chi connectivity index (χ2v) is 5.22. The van der Waals surface area contributed by atoms with Crippen molar-refractivity contribution in [2.24, 2.45) is 5.92 Å². The van der Waals surface area contributed by atoms with Crippen molar-refractivity contribution in [3.05, 3.63) is 34.1 Å². The maximum Gasteiger partial charge on any atom is 0.292 e. The topological polar surface area (TPSA) is 84.3 Å². The molecule has 0 bridgehead atoms. The van der Waals surface area contributed by atoms with Gasteiger partial charge in [0.1, 0.15) is 11.5 Å². The van der Waals surface area contributed by atoms with E-state index in [0.717, 1.165) is 50.6 Å². The first-order chi connectivity index (χ1) is 10.1. The summed E-state index contributed by atoms with van der Waals surface area (Å²) in [6, 6.07) is 3.02. The summed E-state index contributed by atoms with van der Waals surface area (Å²) in [5, 5.41) is 16.5. The van der Waals surface area contributed by atoms with Gasteiger partial charge in [-0.2, -0.15) is 0 Å². The van der Waals surface area contributed by atoms with Crippen molar-refractivity contribution in [3.63, 3.8) is 0 Å². The highest BCUT2D eigenvalue weighted by atomic mass is 19.1. The first-order valence-corrected chi connectivity index (χ1v) is 7.01. The molecule has 0 spiro atoms. The molecule has 1 aromatic carbocycles. The van der Waals surface area contributed by atoms with Crippen molar-refractivity contribution in [1.29, 1.82) is 0 Å². The van der Waals surface area contributed by atoms with Crippen LogP contribution in [0.1, 0.15) is 25.7 Å². The van der Waals surface area contributed by atoms with Gasteiger partial charge in [0.2, 0.25) is 5.91 Å². The maximum atomic E-state index is 13.2. The second-order valence-electron chi connectivity index (χ2n) is 5.22. The molecule has 7 heteroatoms. The summed E-state index contributed by atoms with van der Waals surface area (Å²) in [6.07, 6.45) is 3.18. The first kappa shape index (κ1) is 15.4. The SMILES string of the molecule is O=C(CCC1CCCNC1)Nc1cc(F)ccc1[N+](=O)[O-]. The minimum absolute atomic E-state index is 0.0910. The fourth-order valence-electron chi connectivity index (χ4n) is 2.49. The molecule has 21 heavy (non-hydrogen) atoms. The Kier molecular flexibility index (Phi) is 5.21. The van der Waals surface area contributed by atoms with Crippen LogP contribution in [0.5, 0.6) is 0 Å². The number of anilines is 1. The summed E-state index contributed by atoms with van der Waals surface area (Å²) in [7, 11) is 0. The third-order valence-electron chi connectivity index (χ3n) is 3.61. The highest BCUT2D eigenvalue weighted by Crippen LogP contribution is 2.25. The van der Waals surface area contributed by atoms with Gasteiger partial charge in [0, 0.05) is 18.6 Å². The normalized spacial score (nSPS) is 18.2. The minimum atomic E-state index is -0.639. The van der Waals surface area contributed by atoms with Gasteiger partial charge in [-0.15, -0.1) is 0 Å². The van der Waals surface area contributed by atoms with E-state index in [1.165, 1.54) is 0 Å². The molecule has 1 aliphatic rings. The van der Waals surface area contributed by atoms with Crippen LogP contribution in [0.3, 0.4) is 0 Å². The zero-order valence-corrected chi connectivity index (χ0v) is 11.6. The molecule has 6 nitrogen and oxygen atoms in total. The summed E-state index contributed by atoms with van der Waals surface area (Å²) >= 11 is 0. The highest BCUT2D eigenvalue weighted by molar-refractivity contribution is 5.93. The summed E-state index contributed by atoms with van der Waals surface area (Å²) in [5.41, 5.74) is -0.393. The number of benzene rings is 1. The van der Waals surface area contributed by atoms with E-state index in [4.69, 9.17) is 0 Å². The van der Waals surface area contributed by atoms with E-state index in [9.17, 15) is 19.3 Å². The third-order valence-corrected chi connectivity index (χ3v) is 3.61. The van der Waals surface area contributed by atoms with Crippen molar-refractivity contribution >= 4 is 17.3 Å². The molecule has 1 aliphatic heterocycles. The number of carbonyl (C=O) groups excluding carboxylic acids is 1. The van der Waals surface area contributed by atoms with Crippen molar-refractivity contribution < 1.29 is 14.1 Å². The number of halogens is 1. The molecule has 0 aliphatic carbocycles.